The lowest BCUT2D eigenvalue weighted by atomic mass is 10.1. The molecule has 0 saturated carbocycles. The number of esters is 1. The van der Waals surface area contributed by atoms with E-state index in [0.29, 0.717) is 41.6 Å². The maximum Gasteiger partial charge on any atom is 0.407 e. The Kier molecular flexibility index (Phi) is 12.2. The van der Waals surface area contributed by atoms with Gasteiger partial charge in [-0.1, -0.05) is 39.5 Å². The molecule has 13 nitrogen and oxygen atoms in total. The van der Waals surface area contributed by atoms with Gasteiger partial charge in [-0.2, -0.15) is 4.98 Å². The van der Waals surface area contributed by atoms with Crippen molar-refractivity contribution in [2.45, 2.75) is 65.3 Å². The first kappa shape index (κ1) is 36.0. The molecule has 1 atom stereocenters. The Morgan fingerprint density at radius 1 is 1.17 bits per heavy atom. The highest BCUT2D eigenvalue weighted by Gasteiger charge is 2.29. The first-order valence-electron chi connectivity index (χ1n) is 15.3. The highest BCUT2D eigenvalue weighted by atomic mass is 79.9. The van der Waals surface area contributed by atoms with Crippen molar-refractivity contribution in [2.75, 3.05) is 43.1 Å². The van der Waals surface area contributed by atoms with Crippen LogP contribution in [0.4, 0.5) is 10.7 Å². The van der Waals surface area contributed by atoms with Crippen molar-refractivity contribution >= 4 is 56.7 Å². The van der Waals surface area contributed by atoms with Crippen molar-refractivity contribution in [3.63, 3.8) is 0 Å². The van der Waals surface area contributed by atoms with Gasteiger partial charge in [-0.15, -0.1) is 5.92 Å². The fourth-order valence-electron chi connectivity index (χ4n) is 5.27. The van der Waals surface area contributed by atoms with Crippen LogP contribution < -0.4 is 21.5 Å². The van der Waals surface area contributed by atoms with Crippen molar-refractivity contribution in [3.8, 4) is 11.8 Å². The molecule has 0 bridgehead atoms. The quantitative estimate of drug-likeness (QED) is 0.135. The molecule has 4 rings (SSSR count). The van der Waals surface area contributed by atoms with Crippen LogP contribution in [0, 0.1) is 11.8 Å². The smallest absolute Gasteiger partial charge is 0.407 e. The molecule has 1 amide bonds. The van der Waals surface area contributed by atoms with Crippen molar-refractivity contribution in [2.24, 2.45) is 7.05 Å². The number of ether oxygens (including phenoxy) is 3. The molecule has 1 N–H and O–H groups in total. The monoisotopic (exact) mass is 734 g/mol. The summed E-state index contributed by atoms with van der Waals surface area (Å²) in [5, 5.41) is 3.89. The zero-order chi connectivity index (χ0) is 34.3. The molecule has 2 aromatic heterocycles. The molecular formula is C32H40BrClN6O7. The Balaban J connectivity index is 1.71. The molecule has 15 heteroatoms. The predicted molar refractivity (Wildman–Crippen MR) is 183 cm³/mol. The van der Waals surface area contributed by atoms with E-state index in [1.54, 1.807) is 51.4 Å². The number of halogens is 2. The van der Waals surface area contributed by atoms with Gasteiger partial charge >= 0.3 is 17.8 Å². The molecule has 3 aromatic rings. The summed E-state index contributed by atoms with van der Waals surface area (Å²) in [5.41, 5.74) is -0.927. The molecule has 254 valence electrons. The maximum atomic E-state index is 14.1. The number of nitrogens with zero attached hydrogens (tertiary/aromatic N) is 5. The summed E-state index contributed by atoms with van der Waals surface area (Å²) in [7, 11) is 1.54. The van der Waals surface area contributed by atoms with E-state index in [0.717, 1.165) is 17.4 Å². The van der Waals surface area contributed by atoms with Crippen LogP contribution in [-0.2, 0) is 34.3 Å². The minimum absolute atomic E-state index is 0.0243. The van der Waals surface area contributed by atoms with Gasteiger partial charge in [0.25, 0.3) is 5.56 Å². The van der Waals surface area contributed by atoms with E-state index in [4.69, 9.17) is 30.8 Å². The summed E-state index contributed by atoms with van der Waals surface area (Å²) in [4.78, 5) is 60.0. The number of rotatable bonds is 11. The van der Waals surface area contributed by atoms with E-state index in [2.05, 4.69) is 33.1 Å². The number of nitrogens with one attached hydrogen (secondary N) is 1. The molecule has 47 heavy (non-hydrogen) atoms. The fourth-order valence-corrected chi connectivity index (χ4v) is 5.68. The molecule has 1 saturated heterocycles. The highest BCUT2D eigenvalue weighted by molar-refractivity contribution is 9.09. The summed E-state index contributed by atoms with van der Waals surface area (Å²) in [6.45, 7) is 8.78. The van der Waals surface area contributed by atoms with Gasteiger partial charge in [-0.3, -0.25) is 18.5 Å². The van der Waals surface area contributed by atoms with Crippen LogP contribution in [0.3, 0.4) is 0 Å². The lowest BCUT2D eigenvalue weighted by Gasteiger charge is -2.34. The van der Waals surface area contributed by atoms with Crippen LogP contribution >= 0.6 is 27.5 Å². The first-order chi connectivity index (χ1) is 22.3. The number of carbonyl (C=O) groups excluding carboxylic acids is 2. The molecule has 1 aliphatic heterocycles. The van der Waals surface area contributed by atoms with E-state index in [1.165, 1.54) is 10.6 Å². The third kappa shape index (κ3) is 8.97. The van der Waals surface area contributed by atoms with E-state index in [1.807, 2.05) is 4.90 Å². The molecule has 1 fully saturated rings. The Bertz CT molecular complexity index is 1800. The minimum atomic E-state index is -0.652. The van der Waals surface area contributed by atoms with Gasteiger partial charge in [0.1, 0.15) is 12.2 Å². The van der Waals surface area contributed by atoms with E-state index in [-0.39, 0.29) is 49.1 Å². The summed E-state index contributed by atoms with van der Waals surface area (Å²) in [6.07, 6.45) is 0.990. The van der Waals surface area contributed by atoms with Crippen molar-refractivity contribution in [3.05, 3.63) is 55.2 Å². The van der Waals surface area contributed by atoms with Crippen molar-refractivity contribution in [1.82, 2.24) is 24.0 Å². The highest BCUT2D eigenvalue weighted by Crippen LogP contribution is 2.24. The number of aromatic nitrogens is 4. The van der Waals surface area contributed by atoms with Gasteiger partial charge in [0, 0.05) is 36.5 Å². The Hall–Kier alpha value is -3.80. The minimum Gasteiger partial charge on any atom is -0.460 e. The van der Waals surface area contributed by atoms with Gasteiger partial charge < -0.3 is 24.4 Å². The number of hydrogen-bond donors (Lipinski definition) is 1. The Morgan fingerprint density at radius 2 is 1.94 bits per heavy atom. The van der Waals surface area contributed by atoms with E-state index < -0.39 is 28.9 Å². The van der Waals surface area contributed by atoms with Crippen LogP contribution in [-0.4, -0.2) is 80.6 Å². The second-order valence-electron chi connectivity index (χ2n) is 12.0. The first-order valence-corrected chi connectivity index (χ1v) is 16.8. The zero-order valence-corrected chi connectivity index (χ0v) is 29.6. The standard InChI is InChI=1S/C32H40BrClN6O7/c1-6-7-14-39-25-26(36-29(39)38-13-8-9-23(20-38)35-30(43)47-32(2,3)4)37(5)31(44)40(27(25)41)19-21-10-11-22(34)18-24(21)28(42)46-17-16-45-15-12-33/h10-11,18,23H,8-9,12-17,19-20H2,1-5H3,(H,35,43)/t23-/m1/s1. The van der Waals surface area contributed by atoms with Gasteiger partial charge in [0.2, 0.25) is 5.95 Å². The summed E-state index contributed by atoms with van der Waals surface area (Å²) in [6, 6.07) is 4.40. The number of alkyl carbamates (subject to hydrolysis) is 1. The van der Waals surface area contributed by atoms with Crippen molar-refractivity contribution < 1.29 is 23.8 Å². The number of imidazole rings is 1. The number of benzene rings is 1. The third-order valence-corrected chi connectivity index (χ3v) is 7.91. The maximum absolute atomic E-state index is 14.1. The fraction of sp³-hybridized carbons (Fsp3) is 0.531. The molecule has 0 radical (unpaired) electrons. The topological polar surface area (TPSA) is 139 Å². The number of anilines is 1. The lowest BCUT2D eigenvalue weighted by Crippen LogP contribution is -2.49. The summed E-state index contributed by atoms with van der Waals surface area (Å²) in [5.74, 6) is 5.69. The molecule has 0 unspecified atom stereocenters. The third-order valence-electron chi connectivity index (χ3n) is 7.35. The number of carbonyl (C=O) groups is 2. The second-order valence-corrected chi connectivity index (χ2v) is 13.2. The second kappa shape index (κ2) is 15.9. The normalized spacial score (nSPS) is 14.9. The van der Waals surface area contributed by atoms with Crippen LogP contribution in [0.15, 0.2) is 27.8 Å². The van der Waals surface area contributed by atoms with E-state index in [9.17, 15) is 19.2 Å². The zero-order valence-electron chi connectivity index (χ0n) is 27.2. The average Bonchev–Trinajstić information content (AvgIpc) is 3.40. The van der Waals surface area contributed by atoms with Crippen LogP contribution in [0.5, 0.6) is 0 Å². The predicted octanol–water partition coefficient (Wildman–Crippen LogP) is 3.68. The average molecular weight is 736 g/mol. The number of aryl methyl sites for hydroxylation is 1. The molecule has 3 heterocycles. The SMILES string of the molecule is CC#CCn1c(N2CCC[C@@H](NC(=O)OC(C)(C)C)C2)nc2c1c(=O)n(Cc1ccc(Cl)cc1C(=O)OCCOCCBr)c(=O)n2C. The Morgan fingerprint density at radius 3 is 2.64 bits per heavy atom. The molecule has 1 aliphatic rings. The summed E-state index contributed by atoms with van der Waals surface area (Å²) >= 11 is 9.48. The number of amides is 1. The van der Waals surface area contributed by atoms with Gasteiger partial charge in [0.05, 0.1) is 31.9 Å². The van der Waals surface area contributed by atoms with Gasteiger partial charge in [0.15, 0.2) is 11.2 Å². The lowest BCUT2D eigenvalue weighted by molar-refractivity contribution is 0.0338. The van der Waals surface area contributed by atoms with Gasteiger partial charge in [-0.05, 0) is 58.2 Å². The molecular weight excluding hydrogens is 696 g/mol. The van der Waals surface area contributed by atoms with Crippen molar-refractivity contribution in [1.29, 1.82) is 0 Å². The van der Waals surface area contributed by atoms with Crippen LogP contribution in [0.25, 0.3) is 11.2 Å². The number of hydrogen-bond acceptors (Lipinski definition) is 9. The van der Waals surface area contributed by atoms with Gasteiger partial charge in [-0.25, -0.2) is 14.4 Å². The van der Waals surface area contributed by atoms with Crippen LogP contribution in [0.1, 0.15) is 56.5 Å². The number of alkyl halides is 1. The van der Waals surface area contributed by atoms with Crippen LogP contribution in [0.2, 0.25) is 5.02 Å². The molecule has 0 spiro atoms. The summed E-state index contributed by atoms with van der Waals surface area (Å²) < 4.78 is 20.2. The number of piperidine rings is 1. The molecule has 1 aromatic carbocycles. The number of fused-ring (bicyclic) bond motifs is 1. The largest absolute Gasteiger partial charge is 0.460 e. The molecule has 0 aliphatic carbocycles. The Labute approximate surface area is 286 Å². The van der Waals surface area contributed by atoms with E-state index >= 15 is 0 Å².